The third kappa shape index (κ3) is 3.99. The predicted octanol–water partition coefficient (Wildman–Crippen LogP) is 4.25. The summed E-state index contributed by atoms with van der Waals surface area (Å²) in [5, 5.41) is 12.2. The summed E-state index contributed by atoms with van der Waals surface area (Å²) in [6.07, 6.45) is 2.74. The molecule has 194 valence electrons. The van der Waals surface area contributed by atoms with Crippen LogP contribution in [0.25, 0.3) is 0 Å². The molecule has 0 bridgehead atoms. The van der Waals surface area contributed by atoms with Crippen molar-refractivity contribution in [2.75, 3.05) is 21.0 Å². The fourth-order valence-electron chi connectivity index (χ4n) is 4.95. The minimum absolute atomic E-state index is 0.0494. The van der Waals surface area contributed by atoms with Gasteiger partial charge in [0.15, 0.2) is 5.76 Å². The zero-order valence-corrected chi connectivity index (χ0v) is 21.1. The van der Waals surface area contributed by atoms with Gasteiger partial charge in [-0.15, -0.1) is 0 Å². The summed E-state index contributed by atoms with van der Waals surface area (Å²) in [5.74, 6) is -2.47. The van der Waals surface area contributed by atoms with E-state index in [1.165, 1.54) is 26.6 Å². The molecule has 5 rings (SSSR count). The number of allylic oxidation sites excluding steroid dienone is 1. The minimum Gasteiger partial charge on any atom is -0.497 e. The highest BCUT2D eigenvalue weighted by atomic mass is 16.7. The first-order valence-electron chi connectivity index (χ1n) is 11.9. The lowest BCUT2D eigenvalue weighted by atomic mass is 9.64. The minimum atomic E-state index is -2.16. The van der Waals surface area contributed by atoms with Crippen molar-refractivity contribution < 1.29 is 38.4 Å². The van der Waals surface area contributed by atoms with E-state index in [4.69, 9.17) is 23.7 Å². The maximum absolute atomic E-state index is 12.9. The van der Waals surface area contributed by atoms with Crippen molar-refractivity contribution >= 4 is 11.9 Å². The Kier molecular flexibility index (Phi) is 6.42. The van der Waals surface area contributed by atoms with Gasteiger partial charge in [0.25, 0.3) is 5.79 Å². The van der Waals surface area contributed by atoms with Crippen molar-refractivity contribution in [1.29, 1.82) is 0 Å². The van der Waals surface area contributed by atoms with Crippen LogP contribution >= 0.6 is 0 Å². The lowest BCUT2D eigenvalue weighted by Gasteiger charge is -2.41. The molecule has 0 radical (unpaired) electrons. The maximum Gasteiger partial charge on any atom is 0.337 e. The summed E-state index contributed by atoms with van der Waals surface area (Å²) in [6.45, 7) is 1.91. The Hall–Kier alpha value is -4.56. The third-order valence-corrected chi connectivity index (χ3v) is 6.83. The molecule has 0 fully saturated rings. The second-order valence-corrected chi connectivity index (χ2v) is 8.95. The molecule has 2 unspecified atom stereocenters. The lowest BCUT2D eigenvalue weighted by molar-refractivity contribution is -0.187. The van der Waals surface area contributed by atoms with E-state index in [2.05, 4.69) is 0 Å². The number of aryl methyl sites for hydroxylation is 1. The molecule has 38 heavy (non-hydrogen) atoms. The van der Waals surface area contributed by atoms with Gasteiger partial charge in [-0.3, -0.25) is 0 Å². The highest BCUT2D eigenvalue weighted by Crippen LogP contribution is 2.55. The van der Waals surface area contributed by atoms with E-state index >= 15 is 0 Å². The molecule has 1 N–H and O–H groups in total. The zero-order valence-electron chi connectivity index (χ0n) is 21.1. The van der Waals surface area contributed by atoms with Crippen molar-refractivity contribution in [3.05, 3.63) is 124 Å². The topological polar surface area (TPSA) is 101 Å². The Bertz CT molecular complexity index is 1420. The van der Waals surface area contributed by atoms with E-state index in [-0.39, 0.29) is 12.4 Å². The van der Waals surface area contributed by atoms with Crippen molar-refractivity contribution in [3.63, 3.8) is 0 Å². The summed E-state index contributed by atoms with van der Waals surface area (Å²) in [4.78, 5) is 25.1. The van der Waals surface area contributed by atoms with Crippen LogP contribution in [0.5, 0.6) is 5.75 Å². The number of esters is 2. The first-order chi connectivity index (χ1) is 18.3. The van der Waals surface area contributed by atoms with Gasteiger partial charge in [0.1, 0.15) is 17.4 Å². The number of carbonyl (C=O) groups excluding carboxylic acids is 2. The first-order valence-corrected chi connectivity index (χ1v) is 11.9. The number of hydrogen-bond acceptors (Lipinski definition) is 8. The predicted molar refractivity (Wildman–Crippen MR) is 136 cm³/mol. The van der Waals surface area contributed by atoms with Crippen LogP contribution in [0.3, 0.4) is 0 Å². The van der Waals surface area contributed by atoms with Crippen LogP contribution in [-0.4, -0.2) is 38.1 Å². The number of methoxy groups -OCH3 is 2. The van der Waals surface area contributed by atoms with E-state index in [0.717, 1.165) is 5.56 Å². The summed E-state index contributed by atoms with van der Waals surface area (Å²) in [6, 6.07) is 20.9. The molecule has 2 heterocycles. The van der Waals surface area contributed by atoms with Crippen LogP contribution in [0, 0.1) is 6.92 Å². The second kappa shape index (κ2) is 9.72. The molecule has 8 nitrogen and oxygen atoms in total. The van der Waals surface area contributed by atoms with E-state index in [9.17, 15) is 14.7 Å². The van der Waals surface area contributed by atoms with Gasteiger partial charge in [0, 0.05) is 17.2 Å². The van der Waals surface area contributed by atoms with Gasteiger partial charge >= 0.3 is 11.9 Å². The van der Waals surface area contributed by atoms with E-state index < -0.39 is 23.1 Å². The molecule has 0 amide bonds. The molecule has 2 aliphatic rings. The summed E-state index contributed by atoms with van der Waals surface area (Å²) >= 11 is 0. The Labute approximate surface area is 219 Å². The summed E-state index contributed by atoms with van der Waals surface area (Å²) in [5.41, 5.74) is 1.78. The average molecular weight is 515 g/mol. The van der Waals surface area contributed by atoms with Crippen molar-refractivity contribution in [1.82, 2.24) is 0 Å². The number of hydrogen-bond donors (Lipinski definition) is 1. The lowest BCUT2D eigenvalue weighted by Crippen LogP contribution is -2.43. The Morgan fingerprint density at radius 2 is 1.58 bits per heavy atom. The molecule has 0 spiro atoms. The molecular weight excluding hydrogens is 488 g/mol. The molecule has 2 atom stereocenters. The van der Waals surface area contributed by atoms with Gasteiger partial charge in [-0.05, 0) is 54.4 Å². The molecule has 8 heteroatoms. The van der Waals surface area contributed by atoms with E-state index in [0.29, 0.717) is 33.8 Å². The first kappa shape index (κ1) is 25.1. The average Bonchev–Trinajstić information content (AvgIpc) is 3.59. The third-order valence-electron chi connectivity index (χ3n) is 6.83. The number of aliphatic hydroxyl groups is 1. The van der Waals surface area contributed by atoms with Crippen LogP contribution < -0.4 is 4.74 Å². The number of carbonyl (C=O) groups is 2. The number of ether oxygens (including phenoxy) is 5. The van der Waals surface area contributed by atoms with Crippen molar-refractivity contribution in [2.45, 2.75) is 18.1 Å². The smallest absolute Gasteiger partial charge is 0.337 e. The van der Waals surface area contributed by atoms with Gasteiger partial charge < -0.3 is 28.8 Å². The second-order valence-electron chi connectivity index (χ2n) is 8.95. The molecule has 3 aromatic carbocycles. The van der Waals surface area contributed by atoms with Gasteiger partial charge in [-0.25, -0.2) is 9.59 Å². The molecule has 0 saturated carbocycles. The number of cyclic esters (lactones) is 1. The normalized spacial score (nSPS) is 19.8. The monoisotopic (exact) mass is 514 g/mol. The largest absolute Gasteiger partial charge is 0.497 e. The van der Waals surface area contributed by atoms with Crippen LogP contribution in [0.4, 0.5) is 0 Å². The van der Waals surface area contributed by atoms with Gasteiger partial charge in [0.05, 0.1) is 19.8 Å². The van der Waals surface area contributed by atoms with Gasteiger partial charge in [-0.2, -0.15) is 0 Å². The Morgan fingerprint density at radius 3 is 2.13 bits per heavy atom. The number of rotatable bonds is 7. The quantitative estimate of drug-likeness (QED) is 0.467. The van der Waals surface area contributed by atoms with E-state index in [1.807, 2.05) is 31.2 Å². The van der Waals surface area contributed by atoms with Crippen molar-refractivity contribution in [2.24, 2.45) is 0 Å². The molecule has 3 aromatic rings. The molecule has 2 aliphatic heterocycles. The van der Waals surface area contributed by atoms with Crippen LogP contribution in [-0.2, 0) is 34.9 Å². The summed E-state index contributed by atoms with van der Waals surface area (Å²) in [7, 11) is 2.84. The summed E-state index contributed by atoms with van der Waals surface area (Å²) < 4.78 is 27.2. The van der Waals surface area contributed by atoms with Crippen molar-refractivity contribution in [3.8, 4) is 5.75 Å². The number of benzene rings is 3. The fourth-order valence-corrected chi connectivity index (χ4v) is 4.95. The zero-order chi connectivity index (χ0) is 26.9. The van der Waals surface area contributed by atoms with Crippen LogP contribution in [0.1, 0.15) is 32.6 Å². The molecule has 0 aromatic heterocycles. The molecule has 0 aliphatic carbocycles. The van der Waals surface area contributed by atoms with Crippen LogP contribution in [0.2, 0.25) is 0 Å². The van der Waals surface area contributed by atoms with E-state index in [1.54, 1.807) is 48.5 Å². The Morgan fingerprint density at radius 1 is 0.947 bits per heavy atom. The molecule has 0 saturated heterocycles. The highest BCUT2D eigenvalue weighted by molar-refractivity contribution is 5.90. The highest BCUT2D eigenvalue weighted by Gasteiger charge is 2.58. The van der Waals surface area contributed by atoms with Crippen LogP contribution in [0.15, 0.2) is 96.5 Å². The Balaban J connectivity index is 1.81. The maximum atomic E-state index is 12.9. The van der Waals surface area contributed by atoms with Gasteiger partial charge in [0.2, 0.25) is 6.79 Å². The molecular formula is C30H26O8. The van der Waals surface area contributed by atoms with Gasteiger partial charge in [-0.1, -0.05) is 42.0 Å². The standard InChI is InChI=1S/C30H26O8/c1-19-4-8-21(9-5-19)29(26-17-36-18-37-26,22-10-6-20(7-11-22)28(32)35-3)25-16-27(31)38-30(25,33)23-12-14-24(34-2)15-13-23/h4-17,33H,18H2,1-3H3. The fraction of sp³-hybridized carbons (Fsp3) is 0.200. The SMILES string of the molecule is COC(=O)c1ccc(C(C2=COCO2)(C2=CC(=O)OC2(O)c2ccc(OC)cc2)c2ccc(C)cc2)cc1.